The van der Waals surface area contributed by atoms with Gasteiger partial charge in [-0.1, -0.05) is 12.1 Å². The number of phenols is 1. The summed E-state index contributed by atoms with van der Waals surface area (Å²) in [5, 5.41) is 38.4. The Hall–Kier alpha value is -4.21. The summed E-state index contributed by atoms with van der Waals surface area (Å²) in [5.74, 6) is -7.33. The summed E-state index contributed by atoms with van der Waals surface area (Å²) in [7, 11) is 1.31. The van der Waals surface area contributed by atoms with Gasteiger partial charge < -0.3 is 25.2 Å². The molecule has 4 N–H and O–H groups in total. The maximum absolute atomic E-state index is 13.0. The summed E-state index contributed by atoms with van der Waals surface area (Å²) in [6, 6.07) is 6.39. The molecule has 160 valence electrons. The number of methoxy groups -OCH3 is 1. The number of fused-ring (bicyclic) bond motifs is 2. The Balaban J connectivity index is 2.17. The molecule has 0 atom stereocenters. The molecule has 0 bridgehead atoms. The lowest BCUT2D eigenvalue weighted by atomic mass is 9.76. The Morgan fingerprint density at radius 1 is 0.935 bits per heavy atom. The second-order valence-corrected chi connectivity index (χ2v) is 7.02. The van der Waals surface area contributed by atoms with Gasteiger partial charge in [-0.25, -0.2) is 0 Å². The number of hydrogen-bond acceptors (Lipinski definition) is 7. The van der Waals surface area contributed by atoms with Crippen molar-refractivity contribution in [3.05, 3.63) is 58.1 Å². The topological polar surface area (TPSA) is 176 Å². The number of carboxylic acids is 3. The van der Waals surface area contributed by atoms with Crippen LogP contribution in [0.1, 0.15) is 43.8 Å². The van der Waals surface area contributed by atoms with Gasteiger partial charge in [-0.2, -0.15) is 0 Å². The fourth-order valence-electron chi connectivity index (χ4n) is 3.66. The van der Waals surface area contributed by atoms with Crippen molar-refractivity contribution in [2.24, 2.45) is 5.41 Å². The molecule has 2 aromatic carbocycles. The minimum absolute atomic E-state index is 0.00154. The van der Waals surface area contributed by atoms with Gasteiger partial charge in [-0.15, -0.1) is 0 Å². The zero-order valence-electron chi connectivity index (χ0n) is 16.0. The van der Waals surface area contributed by atoms with Gasteiger partial charge in [0.05, 0.1) is 24.7 Å². The second kappa shape index (κ2) is 7.56. The van der Waals surface area contributed by atoms with E-state index in [-0.39, 0.29) is 33.6 Å². The monoisotopic (exact) mass is 428 g/mol. The van der Waals surface area contributed by atoms with E-state index in [0.29, 0.717) is 0 Å². The van der Waals surface area contributed by atoms with E-state index in [1.807, 2.05) is 0 Å². The van der Waals surface area contributed by atoms with Crippen molar-refractivity contribution in [1.29, 1.82) is 0 Å². The van der Waals surface area contributed by atoms with Crippen LogP contribution in [-0.4, -0.2) is 57.0 Å². The molecular weight excluding hydrogens is 412 g/mol. The van der Waals surface area contributed by atoms with Crippen molar-refractivity contribution in [2.75, 3.05) is 7.11 Å². The molecule has 0 saturated heterocycles. The van der Waals surface area contributed by atoms with E-state index in [1.165, 1.54) is 25.3 Å². The van der Waals surface area contributed by atoms with E-state index >= 15 is 0 Å². The zero-order chi connectivity index (χ0) is 23.1. The van der Waals surface area contributed by atoms with Crippen LogP contribution in [-0.2, 0) is 20.8 Å². The van der Waals surface area contributed by atoms with E-state index in [9.17, 15) is 39.3 Å². The van der Waals surface area contributed by atoms with Crippen molar-refractivity contribution in [1.82, 2.24) is 0 Å². The van der Waals surface area contributed by atoms with Gasteiger partial charge in [0, 0.05) is 11.1 Å². The summed E-state index contributed by atoms with van der Waals surface area (Å²) >= 11 is 0. The standard InChI is InChI=1S/C21H16O10/c1-31-13-4-2-3-10-16(13)18(26)15-11(17(10)25)5-9(6-12(15)22)7-21(19(27)28,20(29)30)8-14(23)24/h2-6,22H,7-8H2,1H3,(H,23,24)(H,27,28)(H,29,30). The van der Waals surface area contributed by atoms with Crippen molar-refractivity contribution < 1.29 is 49.1 Å². The fraction of sp³-hybridized carbons (Fsp3) is 0.190. The molecule has 3 rings (SSSR count). The maximum atomic E-state index is 13.0. The first-order valence-corrected chi connectivity index (χ1v) is 8.84. The van der Waals surface area contributed by atoms with Crippen LogP contribution in [0.25, 0.3) is 0 Å². The van der Waals surface area contributed by atoms with Crippen LogP contribution in [0.15, 0.2) is 30.3 Å². The summed E-state index contributed by atoms with van der Waals surface area (Å²) in [4.78, 5) is 60.4. The highest BCUT2D eigenvalue weighted by atomic mass is 16.5. The van der Waals surface area contributed by atoms with Crippen molar-refractivity contribution in [2.45, 2.75) is 12.8 Å². The van der Waals surface area contributed by atoms with Crippen LogP contribution in [0.3, 0.4) is 0 Å². The number of benzene rings is 2. The Kier molecular flexibility index (Phi) is 5.24. The van der Waals surface area contributed by atoms with Gasteiger partial charge in [0.2, 0.25) is 5.78 Å². The number of hydrogen-bond donors (Lipinski definition) is 4. The molecule has 10 nitrogen and oxygen atoms in total. The number of ether oxygens (including phenoxy) is 1. The zero-order valence-corrected chi connectivity index (χ0v) is 16.0. The molecule has 2 aromatic rings. The number of carbonyl (C=O) groups excluding carboxylic acids is 2. The van der Waals surface area contributed by atoms with Gasteiger partial charge in [0.25, 0.3) is 0 Å². The Labute approximate surface area is 174 Å². The predicted octanol–water partition coefficient (Wildman–Crippen LogP) is 1.35. The SMILES string of the molecule is COc1cccc2c1C(=O)c1c(O)cc(CC(CC(=O)O)(C(=O)O)C(=O)O)cc1C2=O. The lowest BCUT2D eigenvalue weighted by Gasteiger charge is -2.25. The van der Waals surface area contributed by atoms with E-state index in [4.69, 9.17) is 9.84 Å². The third-order valence-electron chi connectivity index (χ3n) is 5.14. The van der Waals surface area contributed by atoms with Gasteiger partial charge in [-0.3, -0.25) is 24.0 Å². The average Bonchev–Trinajstić information content (AvgIpc) is 2.69. The molecule has 0 aliphatic heterocycles. The Morgan fingerprint density at radius 3 is 2.13 bits per heavy atom. The van der Waals surface area contributed by atoms with Crippen LogP contribution < -0.4 is 4.74 Å². The van der Waals surface area contributed by atoms with Crippen LogP contribution in [0, 0.1) is 5.41 Å². The molecule has 31 heavy (non-hydrogen) atoms. The molecule has 0 fully saturated rings. The first kappa shape index (κ1) is 21.5. The summed E-state index contributed by atoms with van der Waals surface area (Å²) in [5.41, 5.74) is -3.49. The first-order chi connectivity index (χ1) is 14.5. The molecule has 1 aliphatic carbocycles. The maximum Gasteiger partial charge on any atom is 0.322 e. The molecule has 0 aromatic heterocycles. The van der Waals surface area contributed by atoms with E-state index in [0.717, 1.165) is 12.1 Å². The Morgan fingerprint density at radius 2 is 1.58 bits per heavy atom. The van der Waals surface area contributed by atoms with Crippen molar-refractivity contribution in [3.8, 4) is 11.5 Å². The number of phenolic OH excluding ortho intramolecular Hbond substituents is 1. The molecule has 0 heterocycles. The second-order valence-electron chi connectivity index (χ2n) is 7.02. The third kappa shape index (κ3) is 3.37. The minimum Gasteiger partial charge on any atom is -0.507 e. The highest BCUT2D eigenvalue weighted by Crippen LogP contribution is 2.39. The molecule has 0 saturated carbocycles. The smallest absolute Gasteiger partial charge is 0.322 e. The largest absolute Gasteiger partial charge is 0.507 e. The highest BCUT2D eigenvalue weighted by molar-refractivity contribution is 6.30. The summed E-state index contributed by atoms with van der Waals surface area (Å²) < 4.78 is 5.12. The quantitative estimate of drug-likeness (QED) is 0.402. The van der Waals surface area contributed by atoms with Gasteiger partial charge in [-0.05, 0) is 30.2 Å². The molecule has 0 amide bonds. The van der Waals surface area contributed by atoms with E-state index in [1.54, 1.807) is 0 Å². The normalized spacial score (nSPS) is 12.7. The predicted molar refractivity (Wildman–Crippen MR) is 102 cm³/mol. The van der Waals surface area contributed by atoms with Crippen molar-refractivity contribution >= 4 is 29.5 Å². The van der Waals surface area contributed by atoms with Crippen LogP contribution in [0.4, 0.5) is 0 Å². The van der Waals surface area contributed by atoms with Gasteiger partial charge in [0.1, 0.15) is 11.5 Å². The summed E-state index contributed by atoms with van der Waals surface area (Å²) in [6.07, 6.45) is -2.07. The molecule has 0 spiro atoms. The first-order valence-electron chi connectivity index (χ1n) is 8.84. The molecule has 0 unspecified atom stereocenters. The number of ketones is 2. The third-order valence-corrected chi connectivity index (χ3v) is 5.14. The summed E-state index contributed by atoms with van der Waals surface area (Å²) in [6.45, 7) is 0. The molecular formula is C21H16O10. The van der Waals surface area contributed by atoms with E-state index in [2.05, 4.69) is 0 Å². The molecule has 1 aliphatic rings. The number of aliphatic carboxylic acids is 3. The average molecular weight is 428 g/mol. The lowest BCUT2D eigenvalue weighted by Crippen LogP contribution is -2.43. The van der Waals surface area contributed by atoms with Crippen LogP contribution in [0.2, 0.25) is 0 Å². The highest BCUT2D eigenvalue weighted by Gasteiger charge is 2.49. The van der Waals surface area contributed by atoms with E-state index < -0.39 is 53.5 Å². The number of carboxylic acid groups (broad SMARTS) is 3. The fourth-order valence-corrected chi connectivity index (χ4v) is 3.66. The number of carbonyl (C=O) groups is 5. The Bertz CT molecular complexity index is 1150. The molecule has 0 radical (unpaired) electrons. The minimum atomic E-state index is -2.74. The van der Waals surface area contributed by atoms with Gasteiger partial charge >= 0.3 is 17.9 Å². The number of rotatable bonds is 7. The number of aromatic hydroxyl groups is 1. The van der Waals surface area contributed by atoms with Crippen molar-refractivity contribution in [3.63, 3.8) is 0 Å². The molecule has 10 heteroatoms. The van der Waals surface area contributed by atoms with Gasteiger partial charge in [0.15, 0.2) is 11.2 Å². The lowest BCUT2D eigenvalue weighted by molar-refractivity contribution is -0.169. The van der Waals surface area contributed by atoms with Crippen LogP contribution >= 0.6 is 0 Å². The van der Waals surface area contributed by atoms with Crippen LogP contribution in [0.5, 0.6) is 11.5 Å².